The summed E-state index contributed by atoms with van der Waals surface area (Å²) < 4.78 is 1.33. The van der Waals surface area contributed by atoms with E-state index in [4.69, 9.17) is 0 Å². The van der Waals surface area contributed by atoms with Crippen molar-refractivity contribution >= 4 is 27.2 Å². The Morgan fingerprint density at radius 3 is 2.93 bits per heavy atom. The molecule has 0 radical (unpaired) electrons. The second-order valence-electron chi connectivity index (χ2n) is 3.72. The maximum Gasteiger partial charge on any atom is 0.138 e. The SMILES string of the molecule is O=C1CCc2c(sc3ccccc23)C1. The number of hydrogen-bond donors (Lipinski definition) is 0. The predicted octanol–water partition coefficient (Wildman–Crippen LogP) is 2.96. The molecule has 2 aromatic rings. The van der Waals surface area contributed by atoms with Crippen molar-refractivity contribution in [2.24, 2.45) is 0 Å². The molecular formula is C12H10OS. The van der Waals surface area contributed by atoms with E-state index in [2.05, 4.69) is 24.3 Å². The predicted molar refractivity (Wildman–Crippen MR) is 58.9 cm³/mol. The Bertz CT molecular complexity index is 510. The first-order valence-corrected chi connectivity index (χ1v) is 5.67. The van der Waals surface area contributed by atoms with Crippen LogP contribution in [0.15, 0.2) is 24.3 Å². The van der Waals surface area contributed by atoms with Gasteiger partial charge in [-0.15, -0.1) is 11.3 Å². The van der Waals surface area contributed by atoms with Crippen LogP contribution in [0.3, 0.4) is 0 Å². The zero-order valence-electron chi connectivity index (χ0n) is 7.75. The fraction of sp³-hybridized carbons (Fsp3) is 0.250. The van der Waals surface area contributed by atoms with Gasteiger partial charge in [-0.05, 0) is 23.4 Å². The van der Waals surface area contributed by atoms with Crippen molar-refractivity contribution in [1.82, 2.24) is 0 Å². The molecule has 0 spiro atoms. The number of carbonyl (C=O) groups is 1. The van der Waals surface area contributed by atoms with Crippen molar-refractivity contribution in [2.75, 3.05) is 0 Å². The number of hydrogen-bond acceptors (Lipinski definition) is 2. The van der Waals surface area contributed by atoms with Gasteiger partial charge in [0.25, 0.3) is 0 Å². The quantitative estimate of drug-likeness (QED) is 0.642. The van der Waals surface area contributed by atoms with E-state index in [1.54, 1.807) is 11.3 Å². The summed E-state index contributed by atoms with van der Waals surface area (Å²) in [5.74, 6) is 0.393. The molecule has 2 heteroatoms. The van der Waals surface area contributed by atoms with Gasteiger partial charge in [0, 0.05) is 22.4 Å². The number of benzene rings is 1. The first-order valence-electron chi connectivity index (χ1n) is 4.85. The van der Waals surface area contributed by atoms with Crippen LogP contribution >= 0.6 is 11.3 Å². The number of aryl methyl sites for hydroxylation is 1. The molecule has 0 unspecified atom stereocenters. The van der Waals surface area contributed by atoms with Crippen LogP contribution in [0.2, 0.25) is 0 Å². The second kappa shape index (κ2) is 2.92. The summed E-state index contributed by atoms with van der Waals surface area (Å²) in [6.07, 6.45) is 2.33. The zero-order chi connectivity index (χ0) is 9.54. The summed E-state index contributed by atoms with van der Waals surface area (Å²) >= 11 is 1.78. The lowest BCUT2D eigenvalue weighted by molar-refractivity contribution is -0.118. The summed E-state index contributed by atoms with van der Waals surface area (Å²) in [4.78, 5) is 12.6. The molecular weight excluding hydrogens is 192 g/mol. The summed E-state index contributed by atoms with van der Waals surface area (Å²) in [6.45, 7) is 0. The molecule has 0 amide bonds. The molecule has 0 atom stereocenters. The minimum absolute atomic E-state index is 0.393. The van der Waals surface area contributed by atoms with Crippen LogP contribution in [-0.4, -0.2) is 5.78 Å². The third-order valence-corrected chi connectivity index (χ3v) is 4.01. The van der Waals surface area contributed by atoms with Crippen molar-refractivity contribution in [3.8, 4) is 0 Å². The highest BCUT2D eigenvalue weighted by atomic mass is 32.1. The lowest BCUT2D eigenvalue weighted by Gasteiger charge is -2.09. The Labute approximate surface area is 86.4 Å². The highest BCUT2D eigenvalue weighted by molar-refractivity contribution is 7.19. The van der Waals surface area contributed by atoms with Crippen LogP contribution < -0.4 is 0 Å². The summed E-state index contributed by atoms with van der Waals surface area (Å²) in [6, 6.07) is 8.45. The average Bonchev–Trinajstić information content (AvgIpc) is 2.54. The summed E-state index contributed by atoms with van der Waals surface area (Å²) in [5, 5.41) is 1.36. The molecule has 3 rings (SSSR count). The van der Waals surface area contributed by atoms with E-state index in [1.807, 2.05) is 0 Å². The van der Waals surface area contributed by atoms with Crippen molar-refractivity contribution in [3.63, 3.8) is 0 Å². The first kappa shape index (κ1) is 8.18. The summed E-state index contributed by atoms with van der Waals surface area (Å²) in [7, 11) is 0. The molecule has 1 aromatic carbocycles. The Kier molecular flexibility index (Phi) is 1.71. The molecule has 0 bridgehead atoms. The minimum atomic E-state index is 0.393. The molecule has 70 valence electrons. The van der Waals surface area contributed by atoms with E-state index in [9.17, 15) is 4.79 Å². The topological polar surface area (TPSA) is 17.1 Å². The maximum absolute atomic E-state index is 11.3. The highest BCUT2D eigenvalue weighted by Crippen LogP contribution is 2.34. The molecule has 1 heterocycles. The van der Waals surface area contributed by atoms with Crippen molar-refractivity contribution in [1.29, 1.82) is 0 Å². The molecule has 0 fully saturated rings. The number of thiophene rings is 1. The zero-order valence-corrected chi connectivity index (χ0v) is 8.56. The number of carbonyl (C=O) groups excluding carboxylic acids is 1. The van der Waals surface area contributed by atoms with Crippen LogP contribution in [-0.2, 0) is 17.6 Å². The van der Waals surface area contributed by atoms with E-state index >= 15 is 0 Å². The molecule has 0 saturated carbocycles. The van der Waals surface area contributed by atoms with Crippen LogP contribution in [0.25, 0.3) is 10.1 Å². The van der Waals surface area contributed by atoms with Crippen molar-refractivity contribution in [3.05, 3.63) is 34.7 Å². The van der Waals surface area contributed by atoms with E-state index in [-0.39, 0.29) is 0 Å². The monoisotopic (exact) mass is 202 g/mol. The highest BCUT2D eigenvalue weighted by Gasteiger charge is 2.19. The van der Waals surface area contributed by atoms with E-state index in [0.717, 1.165) is 12.8 Å². The van der Waals surface area contributed by atoms with Crippen molar-refractivity contribution in [2.45, 2.75) is 19.3 Å². The van der Waals surface area contributed by atoms with Crippen molar-refractivity contribution < 1.29 is 4.79 Å². The van der Waals surface area contributed by atoms with Gasteiger partial charge in [-0.3, -0.25) is 4.79 Å². The Balaban J connectivity index is 2.29. The van der Waals surface area contributed by atoms with E-state index < -0.39 is 0 Å². The van der Waals surface area contributed by atoms with Gasteiger partial charge >= 0.3 is 0 Å². The Hall–Kier alpha value is -1.15. The average molecular weight is 202 g/mol. The van der Waals surface area contributed by atoms with Gasteiger partial charge in [0.2, 0.25) is 0 Å². The van der Waals surface area contributed by atoms with Gasteiger partial charge in [-0.25, -0.2) is 0 Å². The molecule has 1 nitrogen and oxygen atoms in total. The van der Waals surface area contributed by atoms with Gasteiger partial charge in [-0.1, -0.05) is 18.2 Å². The van der Waals surface area contributed by atoms with E-state index in [0.29, 0.717) is 12.2 Å². The standard InChI is InChI=1S/C12H10OS/c13-8-5-6-10-9-3-1-2-4-11(9)14-12(10)7-8/h1-4H,5-7H2. The van der Waals surface area contributed by atoms with Crippen LogP contribution in [0.4, 0.5) is 0 Å². The lowest BCUT2D eigenvalue weighted by Crippen LogP contribution is -2.10. The molecule has 0 N–H and O–H groups in total. The molecule has 1 aliphatic rings. The smallest absolute Gasteiger partial charge is 0.138 e. The largest absolute Gasteiger partial charge is 0.299 e. The molecule has 1 aliphatic carbocycles. The van der Waals surface area contributed by atoms with Crippen LogP contribution in [0.1, 0.15) is 16.9 Å². The molecule has 1 aromatic heterocycles. The second-order valence-corrected chi connectivity index (χ2v) is 4.85. The summed E-state index contributed by atoms with van der Waals surface area (Å²) in [5.41, 5.74) is 1.42. The maximum atomic E-state index is 11.3. The number of ketones is 1. The number of Topliss-reactive ketones (excluding diaryl/α,β-unsaturated/α-hetero) is 1. The first-order chi connectivity index (χ1) is 6.84. The fourth-order valence-corrected chi connectivity index (χ4v) is 3.38. The van der Waals surface area contributed by atoms with Gasteiger partial charge in [0.05, 0.1) is 0 Å². The Morgan fingerprint density at radius 1 is 1.14 bits per heavy atom. The van der Waals surface area contributed by atoms with E-state index in [1.165, 1.54) is 20.5 Å². The normalized spacial score (nSPS) is 15.9. The van der Waals surface area contributed by atoms with Gasteiger partial charge in [0.1, 0.15) is 5.78 Å². The third kappa shape index (κ3) is 1.11. The lowest BCUT2D eigenvalue weighted by atomic mass is 9.95. The van der Waals surface area contributed by atoms with Gasteiger partial charge in [0.15, 0.2) is 0 Å². The minimum Gasteiger partial charge on any atom is -0.299 e. The van der Waals surface area contributed by atoms with Gasteiger partial charge < -0.3 is 0 Å². The van der Waals surface area contributed by atoms with Crippen LogP contribution in [0, 0.1) is 0 Å². The number of fused-ring (bicyclic) bond motifs is 3. The molecule has 14 heavy (non-hydrogen) atoms. The molecule has 0 aliphatic heterocycles. The van der Waals surface area contributed by atoms with Crippen LogP contribution in [0.5, 0.6) is 0 Å². The van der Waals surface area contributed by atoms with Gasteiger partial charge in [-0.2, -0.15) is 0 Å². The fourth-order valence-electron chi connectivity index (χ4n) is 2.10. The molecule has 0 saturated heterocycles. The third-order valence-electron chi connectivity index (χ3n) is 2.79. The number of rotatable bonds is 0. The Morgan fingerprint density at radius 2 is 2.00 bits per heavy atom.